The molecule has 0 unspecified atom stereocenters. The number of nitrogens with one attached hydrogen (secondary N) is 1. The Morgan fingerprint density at radius 1 is 1.00 bits per heavy atom. The molecule has 0 saturated heterocycles. The Morgan fingerprint density at radius 2 is 1.74 bits per heavy atom. The van der Waals surface area contributed by atoms with Gasteiger partial charge in [-0.05, 0) is 48.7 Å². The molecule has 0 aliphatic heterocycles. The topological polar surface area (TPSA) is 71.8 Å². The number of carbonyl (C=O) groups is 2. The van der Waals surface area contributed by atoms with Crippen LogP contribution in [0.2, 0.25) is 0 Å². The molecule has 1 atom stereocenters. The fourth-order valence-electron chi connectivity index (χ4n) is 3.28. The average molecular weight is 421 g/mol. The molecule has 1 N–H and O–H groups in total. The van der Waals surface area contributed by atoms with Gasteiger partial charge in [-0.25, -0.2) is 0 Å². The SMILES string of the molecule is COc1ccc(CN(C(=O)CCc2ccccc2)[C@@H](C)C(=O)NCc2ccco2)cc1. The molecule has 0 bridgehead atoms. The maximum atomic E-state index is 13.1. The van der Waals surface area contributed by atoms with Crippen molar-refractivity contribution in [1.29, 1.82) is 0 Å². The summed E-state index contributed by atoms with van der Waals surface area (Å²) in [5.41, 5.74) is 2.02. The van der Waals surface area contributed by atoms with Gasteiger partial charge in [0.05, 0.1) is 19.9 Å². The second kappa shape index (κ2) is 11.0. The Kier molecular flexibility index (Phi) is 7.87. The maximum Gasteiger partial charge on any atom is 0.242 e. The number of hydrogen-bond donors (Lipinski definition) is 1. The number of furan rings is 1. The van der Waals surface area contributed by atoms with Crippen LogP contribution in [0.1, 0.15) is 30.2 Å². The number of amides is 2. The number of rotatable bonds is 10. The normalized spacial score (nSPS) is 11.5. The Hall–Kier alpha value is -3.54. The van der Waals surface area contributed by atoms with Crippen molar-refractivity contribution in [2.75, 3.05) is 7.11 Å². The second-order valence-corrected chi connectivity index (χ2v) is 7.33. The number of carbonyl (C=O) groups excluding carboxylic acids is 2. The van der Waals surface area contributed by atoms with Crippen LogP contribution in [0.15, 0.2) is 77.4 Å². The molecule has 6 nitrogen and oxygen atoms in total. The van der Waals surface area contributed by atoms with E-state index in [1.54, 1.807) is 37.3 Å². The van der Waals surface area contributed by atoms with Crippen LogP contribution in [0.5, 0.6) is 5.75 Å². The lowest BCUT2D eigenvalue weighted by Crippen LogP contribution is -2.47. The quantitative estimate of drug-likeness (QED) is 0.539. The Balaban J connectivity index is 1.69. The van der Waals surface area contributed by atoms with Crippen LogP contribution in [0.4, 0.5) is 0 Å². The first-order chi connectivity index (χ1) is 15.1. The largest absolute Gasteiger partial charge is 0.497 e. The van der Waals surface area contributed by atoms with Gasteiger partial charge in [-0.3, -0.25) is 9.59 Å². The predicted molar refractivity (Wildman–Crippen MR) is 118 cm³/mol. The van der Waals surface area contributed by atoms with E-state index in [1.165, 1.54) is 0 Å². The molecule has 0 aliphatic carbocycles. The van der Waals surface area contributed by atoms with Crippen LogP contribution in [0.3, 0.4) is 0 Å². The number of aryl methyl sites for hydroxylation is 1. The molecular weight excluding hydrogens is 392 g/mol. The fraction of sp³-hybridized carbons (Fsp3) is 0.280. The van der Waals surface area contributed by atoms with Crippen molar-refractivity contribution in [3.63, 3.8) is 0 Å². The van der Waals surface area contributed by atoms with Crippen LogP contribution in [0.25, 0.3) is 0 Å². The van der Waals surface area contributed by atoms with Crippen LogP contribution < -0.4 is 10.1 Å². The first-order valence-corrected chi connectivity index (χ1v) is 10.3. The number of ether oxygens (including phenoxy) is 1. The highest BCUT2D eigenvalue weighted by Gasteiger charge is 2.26. The van der Waals surface area contributed by atoms with E-state index in [-0.39, 0.29) is 18.4 Å². The number of hydrogen-bond acceptors (Lipinski definition) is 4. The summed E-state index contributed by atoms with van der Waals surface area (Å²) in [5, 5.41) is 2.85. The molecule has 3 aromatic rings. The zero-order valence-corrected chi connectivity index (χ0v) is 17.9. The molecule has 0 fully saturated rings. The van der Waals surface area contributed by atoms with Gasteiger partial charge in [0.15, 0.2) is 0 Å². The molecule has 0 radical (unpaired) electrons. The Morgan fingerprint density at radius 3 is 2.39 bits per heavy atom. The van der Waals surface area contributed by atoms with E-state index in [2.05, 4.69) is 5.32 Å². The number of methoxy groups -OCH3 is 1. The van der Waals surface area contributed by atoms with E-state index in [9.17, 15) is 9.59 Å². The van der Waals surface area contributed by atoms with Gasteiger partial charge in [0, 0.05) is 13.0 Å². The summed E-state index contributed by atoms with van der Waals surface area (Å²) in [6.45, 7) is 2.37. The lowest BCUT2D eigenvalue weighted by atomic mass is 10.1. The van der Waals surface area contributed by atoms with Crippen LogP contribution >= 0.6 is 0 Å². The van der Waals surface area contributed by atoms with Gasteiger partial charge in [0.2, 0.25) is 11.8 Å². The molecule has 1 aromatic heterocycles. The molecular formula is C25H28N2O4. The van der Waals surface area contributed by atoms with Gasteiger partial charge in [-0.1, -0.05) is 42.5 Å². The van der Waals surface area contributed by atoms with Crippen LogP contribution in [-0.4, -0.2) is 29.9 Å². The first-order valence-electron chi connectivity index (χ1n) is 10.3. The number of nitrogens with zero attached hydrogens (tertiary/aromatic N) is 1. The molecule has 0 aliphatic rings. The summed E-state index contributed by atoms with van der Waals surface area (Å²) in [4.78, 5) is 27.5. The van der Waals surface area contributed by atoms with E-state index in [1.807, 2.05) is 54.6 Å². The zero-order chi connectivity index (χ0) is 22.1. The van der Waals surface area contributed by atoms with Crippen molar-refractivity contribution >= 4 is 11.8 Å². The van der Waals surface area contributed by atoms with E-state index < -0.39 is 6.04 Å². The summed E-state index contributed by atoms with van der Waals surface area (Å²) in [6.07, 6.45) is 2.52. The minimum absolute atomic E-state index is 0.0691. The van der Waals surface area contributed by atoms with Crippen molar-refractivity contribution in [3.05, 3.63) is 89.9 Å². The highest BCUT2D eigenvalue weighted by molar-refractivity contribution is 5.87. The Bertz CT molecular complexity index is 953. The van der Waals surface area contributed by atoms with Crippen molar-refractivity contribution in [1.82, 2.24) is 10.2 Å². The third kappa shape index (κ3) is 6.47. The third-order valence-electron chi connectivity index (χ3n) is 5.17. The van der Waals surface area contributed by atoms with Gasteiger partial charge < -0.3 is 19.4 Å². The smallest absolute Gasteiger partial charge is 0.242 e. The van der Waals surface area contributed by atoms with Crippen LogP contribution in [0, 0.1) is 0 Å². The molecule has 162 valence electrons. The lowest BCUT2D eigenvalue weighted by molar-refractivity contribution is -0.140. The minimum atomic E-state index is -0.625. The van der Waals surface area contributed by atoms with Crippen molar-refractivity contribution in [3.8, 4) is 5.75 Å². The highest BCUT2D eigenvalue weighted by atomic mass is 16.5. The molecule has 1 heterocycles. The monoisotopic (exact) mass is 420 g/mol. The average Bonchev–Trinajstić information content (AvgIpc) is 3.34. The van der Waals surface area contributed by atoms with Crippen molar-refractivity contribution in [2.45, 2.75) is 38.9 Å². The summed E-state index contributed by atoms with van der Waals surface area (Å²) in [6, 6.07) is 20.3. The molecule has 2 aromatic carbocycles. The summed E-state index contributed by atoms with van der Waals surface area (Å²) < 4.78 is 10.5. The molecule has 2 amide bonds. The Labute approximate surface area is 182 Å². The van der Waals surface area contributed by atoms with Crippen molar-refractivity contribution in [2.24, 2.45) is 0 Å². The molecule has 3 rings (SSSR count). The second-order valence-electron chi connectivity index (χ2n) is 7.33. The van der Waals surface area contributed by atoms with Gasteiger partial charge in [0.1, 0.15) is 17.6 Å². The van der Waals surface area contributed by atoms with Gasteiger partial charge in [-0.15, -0.1) is 0 Å². The third-order valence-corrected chi connectivity index (χ3v) is 5.17. The number of benzene rings is 2. The summed E-state index contributed by atoms with van der Waals surface area (Å²) in [5.74, 6) is 1.12. The molecule has 6 heteroatoms. The zero-order valence-electron chi connectivity index (χ0n) is 17.9. The standard InChI is InChI=1S/C25H28N2O4/c1-19(25(29)26-17-23-9-6-16-31-23)27(18-21-10-13-22(30-2)14-11-21)24(28)15-12-20-7-4-3-5-8-20/h3-11,13-14,16,19H,12,15,17-18H2,1-2H3,(H,26,29)/t19-/m0/s1. The molecule has 0 saturated carbocycles. The fourth-order valence-corrected chi connectivity index (χ4v) is 3.28. The first kappa shape index (κ1) is 22.2. The molecule has 0 spiro atoms. The van der Waals surface area contributed by atoms with Crippen molar-refractivity contribution < 1.29 is 18.7 Å². The highest BCUT2D eigenvalue weighted by Crippen LogP contribution is 2.16. The van der Waals surface area contributed by atoms with Gasteiger partial charge >= 0.3 is 0 Å². The predicted octanol–water partition coefficient (Wildman–Crippen LogP) is 3.95. The van der Waals surface area contributed by atoms with E-state index in [0.717, 1.165) is 16.9 Å². The van der Waals surface area contributed by atoms with Gasteiger partial charge in [-0.2, -0.15) is 0 Å². The lowest BCUT2D eigenvalue weighted by Gasteiger charge is -2.29. The summed E-state index contributed by atoms with van der Waals surface area (Å²) in [7, 11) is 1.61. The van der Waals surface area contributed by atoms with Crippen LogP contribution in [-0.2, 0) is 29.1 Å². The summed E-state index contributed by atoms with van der Waals surface area (Å²) >= 11 is 0. The van der Waals surface area contributed by atoms with Gasteiger partial charge in [0.25, 0.3) is 0 Å². The van der Waals surface area contributed by atoms with E-state index in [4.69, 9.17) is 9.15 Å². The maximum absolute atomic E-state index is 13.1. The minimum Gasteiger partial charge on any atom is -0.497 e. The van der Waals surface area contributed by atoms with E-state index in [0.29, 0.717) is 25.1 Å². The molecule has 31 heavy (non-hydrogen) atoms. The van der Waals surface area contributed by atoms with E-state index >= 15 is 0 Å².